The summed E-state index contributed by atoms with van der Waals surface area (Å²) in [4.78, 5) is 4.36. The van der Waals surface area contributed by atoms with Crippen LogP contribution in [0.4, 0.5) is 0 Å². The lowest BCUT2D eigenvalue weighted by atomic mass is 10.1. The van der Waals surface area contributed by atoms with E-state index in [9.17, 15) is 0 Å². The van der Waals surface area contributed by atoms with Gasteiger partial charge < -0.3 is 10.1 Å². The Bertz CT molecular complexity index is 533. The van der Waals surface area contributed by atoms with E-state index in [2.05, 4.69) is 10.3 Å². The Kier molecular flexibility index (Phi) is 3.67. The maximum absolute atomic E-state index is 5.88. The third-order valence-electron chi connectivity index (χ3n) is 3.22. The SMILES string of the molecule is Clc1ccc(-c2ccc(OC3CCNC3)nc2)cc1. The number of benzene rings is 1. The van der Waals surface area contributed by atoms with Crippen LogP contribution in [0, 0.1) is 0 Å². The van der Waals surface area contributed by atoms with Crippen molar-refractivity contribution in [3.05, 3.63) is 47.6 Å². The highest BCUT2D eigenvalue weighted by molar-refractivity contribution is 6.30. The Balaban J connectivity index is 1.72. The number of hydrogen-bond donors (Lipinski definition) is 1. The molecule has 0 bridgehead atoms. The number of nitrogens with one attached hydrogen (secondary N) is 1. The molecule has 0 amide bonds. The van der Waals surface area contributed by atoms with Gasteiger partial charge in [0.1, 0.15) is 6.10 Å². The minimum absolute atomic E-state index is 0.244. The smallest absolute Gasteiger partial charge is 0.213 e. The van der Waals surface area contributed by atoms with E-state index in [1.165, 1.54) is 0 Å². The first kappa shape index (κ1) is 12.5. The molecule has 1 aromatic heterocycles. The second-order valence-corrected chi connectivity index (χ2v) is 5.06. The van der Waals surface area contributed by atoms with Gasteiger partial charge in [-0.3, -0.25) is 0 Å². The van der Waals surface area contributed by atoms with Crippen LogP contribution in [0.5, 0.6) is 5.88 Å². The van der Waals surface area contributed by atoms with Gasteiger partial charge in [0.2, 0.25) is 5.88 Å². The van der Waals surface area contributed by atoms with Gasteiger partial charge in [0.15, 0.2) is 0 Å². The van der Waals surface area contributed by atoms with Crippen LogP contribution in [0.15, 0.2) is 42.6 Å². The van der Waals surface area contributed by atoms with E-state index in [0.717, 1.165) is 35.7 Å². The zero-order valence-corrected chi connectivity index (χ0v) is 11.2. The van der Waals surface area contributed by atoms with Crippen LogP contribution in [0.3, 0.4) is 0 Å². The van der Waals surface area contributed by atoms with Gasteiger partial charge in [-0.25, -0.2) is 4.98 Å². The Morgan fingerprint density at radius 1 is 1.11 bits per heavy atom. The number of rotatable bonds is 3. The fourth-order valence-corrected chi connectivity index (χ4v) is 2.29. The van der Waals surface area contributed by atoms with Crippen LogP contribution in [-0.4, -0.2) is 24.2 Å². The molecule has 1 aliphatic heterocycles. The van der Waals surface area contributed by atoms with Crippen LogP contribution in [0.25, 0.3) is 11.1 Å². The number of hydrogen-bond acceptors (Lipinski definition) is 3. The minimum atomic E-state index is 0.244. The fourth-order valence-electron chi connectivity index (χ4n) is 2.16. The van der Waals surface area contributed by atoms with Gasteiger partial charge in [-0.15, -0.1) is 0 Å². The molecule has 0 aliphatic carbocycles. The average Bonchev–Trinajstić information content (AvgIpc) is 2.94. The first-order valence-corrected chi connectivity index (χ1v) is 6.78. The maximum Gasteiger partial charge on any atom is 0.213 e. The fraction of sp³-hybridized carbons (Fsp3) is 0.267. The summed E-state index contributed by atoms with van der Waals surface area (Å²) in [6, 6.07) is 11.7. The van der Waals surface area contributed by atoms with Crippen molar-refractivity contribution in [1.29, 1.82) is 0 Å². The summed E-state index contributed by atoms with van der Waals surface area (Å²) in [7, 11) is 0. The summed E-state index contributed by atoms with van der Waals surface area (Å²) in [5.41, 5.74) is 2.17. The van der Waals surface area contributed by atoms with Crippen molar-refractivity contribution in [1.82, 2.24) is 10.3 Å². The predicted molar refractivity (Wildman–Crippen MR) is 76.6 cm³/mol. The molecule has 1 unspecified atom stereocenters. The lowest BCUT2D eigenvalue weighted by Crippen LogP contribution is -2.19. The Morgan fingerprint density at radius 2 is 1.89 bits per heavy atom. The zero-order valence-electron chi connectivity index (χ0n) is 10.5. The molecule has 2 aromatic rings. The average molecular weight is 275 g/mol. The van der Waals surface area contributed by atoms with Crippen molar-refractivity contribution in [2.45, 2.75) is 12.5 Å². The summed E-state index contributed by atoms with van der Waals surface area (Å²) in [6.07, 6.45) is 3.12. The molecule has 0 radical (unpaired) electrons. The van der Waals surface area contributed by atoms with Gasteiger partial charge in [0.25, 0.3) is 0 Å². The van der Waals surface area contributed by atoms with Crippen LogP contribution in [0.2, 0.25) is 5.02 Å². The van der Waals surface area contributed by atoms with Gasteiger partial charge >= 0.3 is 0 Å². The van der Waals surface area contributed by atoms with Crippen LogP contribution in [0.1, 0.15) is 6.42 Å². The predicted octanol–water partition coefficient (Wildman–Crippen LogP) is 3.14. The molecule has 1 atom stereocenters. The molecule has 1 aliphatic rings. The number of halogens is 1. The molecule has 1 N–H and O–H groups in total. The Morgan fingerprint density at radius 3 is 2.53 bits per heavy atom. The van der Waals surface area contributed by atoms with Crippen LogP contribution in [-0.2, 0) is 0 Å². The Labute approximate surface area is 117 Å². The van der Waals surface area contributed by atoms with E-state index in [1.807, 2.05) is 42.6 Å². The van der Waals surface area contributed by atoms with Crippen molar-refractivity contribution in [2.75, 3.05) is 13.1 Å². The van der Waals surface area contributed by atoms with Gasteiger partial charge in [0, 0.05) is 29.4 Å². The summed E-state index contributed by atoms with van der Waals surface area (Å²) in [6.45, 7) is 1.92. The van der Waals surface area contributed by atoms with E-state index in [0.29, 0.717) is 5.88 Å². The van der Waals surface area contributed by atoms with Crippen molar-refractivity contribution in [3.8, 4) is 17.0 Å². The molecular weight excluding hydrogens is 260 g/mol. The normalized spacial score (nSPS) is 18.5. The standard InChI is InChI=1S/C15H15ClN2O/c16-13-4-1-11(2-5-13)12-3-6-15(18-9-12)19-14-7-8-17-10-14/h1-6,9,14,17H,7-8,10H2. The first-order valence-electron chi connectivity index (χ1n) is 6.40. The number of nitrogens with zero attached hydrogens (tertiary/aromatic N) is 1. The van der Waals surface area contributed by atoms with E-state index in [1.54, 1.807) is 0 Å². The van der Waals surface area contributed by atoms with E-state index in [-0.39, 0.29) is 6.10 Å². The Hall–Kier alpha value is -1.58. The molecule has 0 spiro atoms. The van der Waals surface area contributed by atoms with Crippen molar-refractivity contribution < 1.29 is 4.74 Å². The third-order valence-corrected chi connectivity index (χ3v) is 3.47. The zero-order chi connectivity index (χ0) is 13.1. The summed E-state index contributed by atoms with van der Waals surface area (Å²) in [5, 5.41) is 4.01. The van der Waals surface area contributed by atoms with Crippen molar-refractivity contribution in [2.24, 2.45) is 0 Å². The second-order valence-electron chi connectivity index (χ2n) is 4.62. The molecular formula is C15H15ClN2O. The topological polar surface area (TPSA) is 34.1 Å². The molecule has 4 heteroatoms. The monoisotopic (exact) mass is 274 g/mol. The molecule has 3 rings (SSSR count). The lowest BCUT2D eigenvalue weighted by Gasteiger charge is -2.11. The van der Waals surface area contributed by atoms with E-state index in [4.69, 9.17) is 16.3 Å². The van der Waals surface area contributed by atoms with Crippen LogP contribution >= 0.6 is 11.6 Å². The first-order chi connectivity index (χ1) is 9.31. The molecule has 1 aromatic carbocycles. The molecule has 1 fully saturated rings. The molecule has 1 saturated heterocycles. The highest BCUT2D eigenvalue weighted by atomic mass is 35.5. The number of ether oxygens (including phenoxy) is 1. The van der Waals surface area contributed by atoms with Crippen molar-refractivity contribution in [3.63, 3.8) is 0 Å². The number of aromatic nitrogens is 1. The molecule has 3 nitrogen and oxygen atoms in total. The van der Waals surface area contributed by atoms with Gasteiger partial charge in [-0.05, 0) is 36.7 Å². The molecule has 98 valence electrons. The van der Waals surface area contributed by atoms with Crippen molar-refractivity contribution >= 4 is 11.6 Å². The highest BCUT2D eigenvalue weighted by Crippen LogP contribution is 2.22. The molecule has 19 heavy (non-hydrogen) atoms. The van der Waals surface area contributed by atoms with Gasteiger partial charge in [-0.2, -0.15) is 0 Å². The highest BCUT2D eigenvalue weighted by Gasteiger charge is 2.16. The quantitative estimate of drug-likeness (QED) is 0.934. The molecule has 0 saturated carbocycles. The lowest BCUT2D eigenvalue weighted by molar-refractivity contribution is 0.214. The third kappa shape index (κ3) is 3.06. The molecule has 2 heterocycles. The van der Waals surface area contributed by atoms with E-state index < -0.39 is 0 Å². The minimum Gasteiger partial charge on any atom is -0.473 e. The number of pyridine rings is 1. The van der Waals surface area contributed by atoms with Gasteiger partial charge in [-0.1, -0.05) is 23.7 Å². The summed E-state index contributed by atoms with van der Waals surface area (Å²) >= 11 is 5.88. The van der Waals surface area contributed by atoms with Crippen LogP contribution < -0.4 is 10.1 Å². The van der Waals surface area contributed by atoms with E-state index >= 15 is 0 Å². The second kappa shape index (κ2) is 5.59. The summed E-state index contributed by atoms with van der Waals surface area (Å²) in [5.74, 6) is 0.686. The largest absolute Gasteiger partial charge is 0.473 e. The van der Waals surface area contributed by atoms with Gasteiger partial charge in [0.05, 0.1) is 0 Å². The maximum atomic E-state index is 5.88. The summed E-state index contributed by atoms with van der Waals surface area (Å²) < 4.78 is 5.79.